The summed E-state index contributed by atoms with van der Waals surface area (Å²) in [5, 5.41) is 0.713. The normalized spacial score (nSPS) is 14.9. The molecule has 110 valence electrons. The molecular weight excluding hydrogens is 294 g/mol. The first-order valence-electron chi connectivity index (χ1n) is 6.58. The molecule has 1 aromatic rings. The Morgan fingerprint density at radius 3 is 3.05 bits per heavy atom. The van der Waals surface area contributed by atoms with Gasteiger partial charge < -0.3 is 4.90 Å². The molecule has 2 rings (SSSR count). The fourth-order valence-corrected chi connectivity index (χ4v) is 3.97. The van der Waals surface area contributed by atoms with E-state index in [2.05, 4.69) is 11.9 Å². The Morgan fingerprint density at radius 1 is 1.65 bits per heavy atom. The highest BCUT2D eigenvalue weighted by Gasteiger charge is 2.25. The molecule has 0 N–H and O–H groups in total. The lowest BCUT2D eigenvalue weighted by Gasteiger charge is -2.26. The van der Waals surface area contributed by atoms with Crippen LogP contribution in [0.15, 0.2) is 16.1 Å². The van der Waals surface area contributed by atoms with Crippen molar-refractivity contribution in [3.05, 3.63) is 22.1 Å². The summed E-state index contributed by atoms with van der Waals surface area (Å²) in [7, 11) is 1.76. The fraction of sp³-hybridized carbons (Fsp3) is 0.615. The molecule has 1 amide bonds. The van der Waals surface area contributed by atoms with E-state index in [4.69, 9.17) is 0 Å². The van der Waals surface area contributed by atoms with Crippen molar-refractivity contribution in [1.82, 2.24) is 14.5 Å². The molecule has 1 aliphatic heterocycles. The summed E-state index contributed by atoms with van der Waals surface area (Å²) in [4.78, 5) is 30.7. The minimum Gasteiger partial charge on any atom is -0.338 e. The van der Waals surface area contributed by atoms with E-state index in [-0.39, 0.29) is 23.1 Å². The quantitative estimate of drug-likeness (QED) is 0.772. The third-order valence-electron chi connectivity index (χ3n) is 3.49. The molecule has 7 heteroatoms. The van der Waals surface area contributed by atoms with Gasteiger partial charge in [0.2, 0.25) is 0 Å². The van der Waals surface area contributed by atoms with Crippen LogP contribution in [-0.4, -0.2) is 51.2 Å². The lowest BCUT2D eigenvalue weighted by molar-refractivity contribution is 0.0740. The Morgan fingerprint density at radius 2 is 2.40 bits per heavy atom. The summed E-state index contributed by atoms with van der Waals surface area (Å²) in [5.41, 5.74) is -0.0332. The second kappa shape index (κ2) is 6.67. The third kappa shape index (κ3) is 2.88. The summed E-state index contributed by atoms with van der Waals surface area (Å²) in [6, 6.07) is 0.143. The van der Waals surface area contributed by atoms with Gasteiger partial charge in [-0.1, -0.05) is 18.7 Å². The molecule has 0 aromatic carbocycles. The summed E-state index contributed by atoms with van der Waals surface area (Å²) in [6.07, 6.45) is 4.32. The Labute approximate surface area is 127 Å². The van der Waals surface area contributed by atoms with E-state index < -0.39 is 0 Å². The van der Waals surface area contributed by atoms with Gasteiger partial charge in [-0.05, 0) is 12.7 Å². The van der Waals surface area contributed by atoms with E-state index in [1.807, 2.05) is 6.26 Å². The highest BCUT2D eigenvalue weighted by Crippen LogP contribution is 2.21. The lowest BCUT2D eigenvalue weighted by atomic mass is 10.2. The molecule has 0 spiro atoms. The Kier molecular flexibility index (Phi) is 5.15. The number of carbonyl (C=O) groups is 1. The van der Waals surface area contributed by atoms with Gasteiger partial charge in [0.05, 0.1) is 0 Å². The van der Waals surface area contributed by atoms with Gasteiger partial charge >= 0.3 is 0 Å². The van der Waals surface area contributed by atoms with E-state index in [1.165, 1.54) is 6.20 Å². The number of fused-ring (bicyclic) bond motifs is 1. The number of carbonyl (C=O) groups excluding carboxylic acids is 1. The second-order valence-corrected chi connectivity index (χ2v) is 6.67. The standard InChI is InChI=1S/C13H19N3O2S2/c1-4-9(8-19-3)15(2)11(17)10-7-14-13-16(12(10)18)5-6-20-13/h7,9H,4-6,8H2,1-3H3. The van der Waals surface area contributed by atoms with Gasteiger partial charge in [-0.2, -0.15) is 11.8 Å². The van der Waals surface area contributed by atoms with Crippen molar-refractivity contribution in [2.24, 2.45) is 0 Å². The topological polar surface area (TPSA) is 55.2 Å². The summed E-state index contributed by atoms with van der Waals surface area (Å²) in [5.74, 6) is 1.49. The monoisotopic (exact) mass is 313 g/mol. The molecule has 1 aliphatic rings. The maximum atomic E-state index is 12.5. The van der Waals surface area contributed by atoms with Crippen LogP contribution in [0.1, 0.15) is 23.7 Å². The molecule has 0 saturated heterocycles. The average molecular weight is 313 g/mol. The number of hydrogen-bond acceptors (Lipinski definition) is 5. The molecule has 1 atom stereocenters. The number of rotatable bonds is 5. The van der Waals surface area contributed by atoms with Crippen molar-refractivity contribution < 1.29 is 4.79 Å². The van der Waals surface area contributed by atoms with E-state index in [1.54, 1.807) is 40.0 Å². The van der Waals surface area contributed by atoms with Crippen LogP contribution in [0, 0.1) is 0 Å². The number of hydrogen-bond donors (Lipinski definition) is 0. The number of aromatic nitrogens is 2. The molecule has 0 fully saturated rings. The number of thioether (sulfide) groups is 2. The molecule has 0 radical (unpaired) electrons. The van der Waals surface area contributed by atoms with Crippen molar-refractivity contribution in [2.45, 2.75) is 31.1 Å². The number of amides is 1. The van der Waals surface area contributed by atoms with Gasteiger partial charge in [0, 0.05) is 37.3 Å². The molecule has 1 aromatic heterocycles. The van der Waals surface area contributed by atoms with Crippen LogP contribution in [0.25, 0.3) is 0 Å². The fourth-order valence-electron chi connectivity index (χ4n) is 2.22. The Hall–Kier alpha value is -0.950. The van der Waals surface area contributed by atoms with Crippen molar-refractivity contribution in [3.63, 3.8) is 0 Å². The highest BCUT2D eigenvalue weighted by atomic mass is 32.2. The van der Waals surface area contributed by atoms with Crippen LogP contribution in [0.4, 0.5) is 0 Å². The Bertz CT molecular complexity index is 559. The predicted octanol–water partition coefficient (Wildman–Crippen LogP) is 1.56. The third-order valence-corrected chi connectivity index (χ3v) is 5.17. The SMILES string of the molecule is CCC(CSC)N(C)C(=O)c1cnc2n(c1=O)CCS2. The molecular formula is C13H19N3O2S2. The lowest BCUT2D eigenvalue weighted by Crippen LogP contribution is -2.41. The molecule has 0 bridgehead atoms. The molecule has 1 unspecified atom stereocenters. The molecule has 2 heterocycles. The maximum Gasteiger partial charge on any atom is 0.267 e. The predicted molar refractivity (Wildman–Crippen MR) is 83.8 cm³/mol. The van der Waals surface area contributed by atoms with Gasteiger partial charge in [-0.3, -0.25) is 14.2 Å². The first-order valence-corrected chi connectivity index (χ1v) is 8.96. The van der Waals surface area contributed by atoms with E-state index >= 15 is 0 Å². The zero-order valence-corrected chi connectivity index (χ0v) is 13.6. The maximum absolute atomic E-state index is 12.5. The first-order chi connectivity index (χ1) is 9.60. The van der Waals surface area contributed by atoms with Gasteiger partial charge in [-0.25, -0.2) is 4.98 Å². The van der Waals surface area contributed by atoms with Crippen molar-refractivity contribution >= 4 is 29.4 Å². The van der Waals surface area contributed by atoms with E-state index in [0.29, 0.717) is 11.7 Å². The van der Waals surface area contributed by atoms with E-state index in [0.717, 1.165) is 17.9 Å². The highest BCUT2D eigenvalue weighted by molar-refractivity contribution is 7.99. The van der Waals surface area contributed by atoms with Crippen LogP contribution in [0.2, 0.25) is 0 Å². The van der Waals surface area contributed by atoms with Crippen molar-refractivity contribution in [2.75, 3.05) is 24.8 Å². The average Bonchev–Trinajstić information content (AvgIpc) is 2.93. The van der Waals surface area contributed by atoms with E-state index in [9.17, 15) is 9.59 Å². The van der Waals surface area contributed by atoms with Gasteiger partial charge in [0.25, 0.3) is 11.5 Å². The van der Waals surface area contributed by atoms with Crippen LogP contribution in [-0.2, 0) is 6.54 Å². The van der Waals surface area contributed by atoms with Crippen LogP contribution in [0.5, 0.6) is 0 Å². The van der Waals surface area contributed by atoms with Gasteiger partial charge in [0.15, 0.2) is 5.16 Å². The smallest absolute Gasteiger partial charge is 0.267 e. The molecule has 0 aliphatic carbocycles. The minimum absolute atomic E-state index is 0.143. The largest absolute Gasteiger partial charge is 0.338 e. The van der Waals surface area contributed by atoms with Gasteiger partial charge in [-0.15, -0.1) is 0 Å². The summed E-state index contributed by atoms with van der Waals surface area (Å²) < 4.78 is 1.60. The summed E-state index contributed by atoms with van der Waals surface area (Å²) >= 11 is 3.26. The van der Waals surface area contributed by atoms with Crippen molar-refractivity contribution in [1.29, 1.82) is 0 Å². The molecule has 5 nitrogen and oxygen atoms in total. The molecule has 0 saturated carbocycles. The second-order valence-electron chi connectivity index (χ2n) is 4.69. The number of nitrogens with zero attached hydrogens (tertiary/aromatic N) is 3. The Balaban J connectivity index is 2.27. The zero-order chi connectivity index (χ0) is 14.7. The zero-order valence-electron chi connectivity index (χ0n) is 12.0. The van der Waals surface area contributed by atoms with Gasteiger partial charge in [0.1, 0.15) is 5.56 Å². The van der Waals surface area contributed by atoms with Crippen LogP contribution in [0.3, 0.4) is 0 Å². The first kappa shape index (κ1) is 15.4. The van der Waals surface area contributed by atoms with Crippen LogP contribution < -0.4 is 5.56 Å². The summed E-state index contributed by atoms with van der Waals surface area (Å²) in [6.45, 7) is 2.69. The van der Waals surface area contributed by atoms with Crippen molar-refractivity contribution in [3.8, 4) is 0 Å². The molecule has 20 heavy (non-hydrogen) atoms. The van der Waals surface area contributed by atoms with Crippen LogP contribution >= 0.6 is 23.5 Å². The minimum atomic E-state index is -0.226.